The minimum Gasteiger partial charge on any atom is -0.469 e. The van der Waals surface area contributed by atoms with E-state index in [0.717, 1.165) is 12.8 Å². The Hall–Kier alpha value is -1.11. The maximum atomic E-state index is 11.3. The number of rotatable bonds is 8. The van der Waals surface area contributed by atoms with Gasteiger partial charge in [-0.1, -0.05) is 28.2 Å². The van der Waals surface area contributed by atoms with E-state index in [9.17, 15) is 18.0 Å². The highest BCUT2D eigenvalue weighted by Gasteiger charge is 2.29. The Kier molecular flexibility index (Phi) is 15.0. The van der Waals surface area contributed by atoms with Crippen molar-refractivity contribution in [1.29, 1.82) is 0 Å². The van der Waals surface area contributed by atoms with Gasteiger partial charge in [-0.15, -0.1) is 0 Å². The summed E-state index contributed by atoms with van der Waals surface area (Å²) in [6.07, 6.45) is 5.04. The van der Waals surface area contributed by atoms with Gasteiger partial charge in [-0.25, -0.2) is 8.42 Å². The summed E-state index contributed by atoms with van der Waals surface area (Å²) in [5.41, 5.74) is 0.327. The summed E-state index contributed by atoms with van der Waals surface area (Å²) in [4.78, 5) is 21.5. The summed E-state index contributed by atoms with van der Waals surface area (Å²) in [5, 5.41) is 0. The highest BCUT2D eigenvalue weighted by molar-refractivity contribution is 7.92. The van der Waals surface area contributed by atoms with Crippen molar-refractivity contribution in [1.82, 2.24) is 0 Å². The zero-order valence-electron chi connectivity index (χ0n) is 17.1. The van der Waals surface area contributed by atoms with Crippen LogP contribution in [-0.2, 0) is 28.9 Å². The molecule has 0 aromatic heterocycles. The van der Waals surface area contributed by atoms with Gasteiger partial charge in [0.05, 0.1) is 19.0 Å². The third kappa shape index (κ3) is 16.4. The molecule has 0 aliphatic heterocycles. The fourth-order valence-electron chi connectivity index (χ4n) is 1.81. The quantitative estimate of drug-likeness (QED) is 0.572. The Bertz CT molecular complexity index is 501. The average Bonchev–Trinajstić information content (AvgIpc) is 2.44. The average molecular weight is 397 g/mol. The highest BCUT2D eigenvalue weighted by Crippen LogP contribution is 2.22. The second-order valence-corrected chi connectivity index (χ2v) is 10.6. The van der Waals surface area contributed by atoms with Crippen molar-refractivity contribution in [3.05, 3.63) is 0 Å². The van der Waals surface area contributed by atoms with E-state index in [4.69, 9.17) is 0 Å². The SMILES string of the molecule is C.COC(=O)CCCC(C)(C)C.COC(=O)CCCC(C)(C)S(C)(=O)=O. The van der Waals surface area contributed by atoms with Crippen LogP contribution in [0, 0.1) is 5.41 Å². The number of esters is 2. The Balaban J connectivity index is -0.000000402. The first-order valence-electron chi connectivity index (χ1n) is 8.49. The molecule has 6 nitrogen and oxygen atoms in total. The van der Waals surface area contributed by atoms with Crippen LogP contribution in [0.2, 0.25) is 0 Å². The van der Waals surface area contributed by atoms with Gasteiger partial charge in [0.2, 0.25) is 0 Å². The predicted molar refractivity (Wildman–Crippen MR) is 107 cm³/mol. The highest BCUT2D eigenvalue weighted by atomic mass is 32.2. The third-order valence-electron chi connectivity index (χ3n) is 3.93. The topological polar surface area (TPSA) is 86.7 Å². The maximum absolute atomic E-state index is 11.3. The van der Waals surface area contributed by atoms with Crippen LogP contribution in [0.25, 0.3) is 0 Å². The molecule has 0 rings (SSSR count). The molecule has 0 aliphatic rings. The van der Waals surface area contributed by atoms with Gasteiger partial charge in [0, 0.05) is 19.1 Å². The number of ether oxygens (including phenoxy) is 2. The lowest BCUT2D eigenvalue weighted by atomic mass is 9.90. The number of sulfone groups is 1. The summed E-state index contributed by atoms with van der Waals surface area (Å²) in [6, 6.07) is 0. The maximum Gasteiger partial charge on any atom is 0.305 e. The van der Waals surface area contributed by atoms with Crippen molar-refractivity contribution in [2.24, 2.45) is 5.41 Å². The standard InChI is InChI=1S/C9H18O4S.C9H18O2.CH4/c1-9(2,14(4,11)12)7-5-6-8(10)13-3;1-9(2,3)7-5-6-8(10)11-4;/h5-7H2,1-4H3;5-7H2,1-4H3;1H4. The van der Waals surface area contributed by atoms with Crippen LogP contribution in [0.15, 0.2) is 0 Å². The summed E-state index contributed by atoms with van der Waals surface area (Å²) in [5.74, 6) is -0.399. The smallest absolute Gasteiger partial charge is 0.305 e. The zero-order valence-corrected chi connectivity index (χ0v) is 17.9. The molecule has 26 heavy (non-hydrogen) atoms. The summed E-state index contributed by atoms with van der Waals surface area (Å²) in [6.45, 7) is 9.85. The van der Waals surface area contributed by atoms with E-state index >= 15 is 0 Å². The summed E-state index contributed by atoms with van der Waals surface area (Å²) >= 11 is 0. The molecule has 0 fully saturated rings. The van der Waals surface area contributed by atoms with Crippen LogP contribution in [0.3, 0.4) is 0 Å². The molecule has 0 saturated carbocycles. The minimum atomic E-state index is -3.06. The van der Waals surface area contributed by atoms with Crippen LogP contribution in [0.4, 0.5) is 0 Å². The second kappa shape index (κ2) is 13.1. The van der Waals surface area contributed by atoms with E-state index in [2.05, 4.69) is 30.2 Å². The van der Waals surface area contributed by atoms with Gasteiger partial charge in [0.25, 0.3) is 0 Å². The van der Waals surface area contributed by atoms with Crippen LogP contribution in [-0.4, -0.2) is 45.6 Å². The molecule has 0 aliphatic carbocycles. The van der Waals surface area contributed by atoms with E-state index in [1.807, 2.05) is 0 Å². The largest absolute Gasteiger partial charge is 0.469 e. The molecule has 0 saturated heterocycles. The molecule has 0 aromatic rings. The van der Waals surface area contributed by atoms with Gasteiger partial charge in [0.15, 0.2) is 9.84 Å². The molecule has 0 heterocycles. The lowest BCUT2D eigenvalue weighted by molar-refractivity contribution is -0.141. The third-order valence-corrected chi connectivity index (χ3v) is 6.14. The Morgan fingerprint density at radius 1 is 0.808 bits per heavy atom. The van der Waals surface area contributed by atoms with E-state index in [1.54, 1.807) is 13.8 Å². The lowest BCUT2D eigenvalue weighted by Crippen LogP contribution is -2.30. The van der Waals surface area contributed by atoms with Crippen molar-refractivity contribution in [2.75, 3.05) is 20.5 Å². The molecule has 0 bridgehead atoms. The summed E-state index contributed by atoms with van der Waals surface area (Å²) in [7, 11) is -0.306. The van der Waals surface area contributed by atoms with E-state index in [0.29, 0.717) is 24.7 Å². The van der Waals surface area contributed by atoms with Gasteiger partial charge in [-0.3, -0.25) is 9.59 Å². The molecular formula is C19H40O6S. The fraction of sp³-hybridized carbons (Fsp3) is 0.895. The van der Waals surface area contributed by atoms with Gasteiger partial charge < -0.3 is 9.47 Å². The minimum absolute atomic E-state index is 0. The normalized spacial score (nSPS) is 11.5. The molecule has 7 heteroatoms. The van der Waals surface area contributed by atoms with Crippen molar-refractivity contribution in [3.8, 4) is 0 Å². The number of hydrogen-bond acceptors (Lipinski definition) is 6. The monoisotopic (exact) mass is 396 g/mol. The van der Waals surface area contributed by atoms with E-state index in [-0.39, 0.29) is 25.8 Å². The second-order valence-electron chi connectivity index (χ2n) is 7.95. The molecule has 0 radical (unpaired) electrons. The molecule has 0 unspecified atom stereocenters. The number of methoxy groups -OCH3 is 2. The summed E-state index contributed by atoms with van der Waals surface area (Å²) < 4.78 is 30.8. The van der Waals surface area contributed by atoms with Crippen LogP contribution in [0.1, 0.15) is 80.6 Å². The van der Waals surface area contributed by atoms with E-state index < -0.39 is 14.6 Å². The molecule has 0 atom stereocenters. The van der Waals surface area contributed by atoms with Gasteiger partial charge in [-0.05, 0) is 44.9 Å². The molecular weight excluding hydrogens is 356 g/mol. The van der Waals surface area contributed by atoms with Crippen molar-refractivity contribution in [2.45, 2.75) is 85.3 Å². The Morgan fingerprint density at radius 2 is 1.15 bits per heavy atom. The first-order valence-corrected chi connectivity index (χ1v) is 10.4. The first kappa shape index (κ1) is 29.6. The van der Waals surface area contributed by atoms with Gasteiger partial charge in [0.1, 0.15) is 0 Å². The first-order chi connectivity index (χ1) is 11.2. The van der Waals surface area contributed by atoms with Crippen molar-refractivity contribution >= 4 is 21.8 Å². The van der Waals surface area contributed by atoms with E-state index in [1.165, 1.54) is 20.5 Å². The Labute approximate surface area is 160 Å². The van der Waals surface area contributed by atoms with Gasteiger partial charge in [-0.2, -0.15) is 0 Å². The van der Waals surface area contributed by atoms with Crippen LogP contribution >= 0.6 is 0 Å². The number of carbonyl (C=O) groups excluding carboxylic acids is 2. The number of hydrogen-bond donors (Lipinski definition) is 0. The molecule has 0 amide bonds. The molecule has 158 valence electrons. The molecule has 0 N–H and O–H groups in total. The Morgan fingerprint density at radius 3 is 1.42 bits per heavy atom. The predicted octanol–water partition coefficient (Wildman–Crippen LogP) is 4.16. The van der Waals surface area contributed by atoms with Crippen LogP contribution in [0.5, 0.6) is 0 Å². The zero-order chi connectivity index (χ0) is 20.3. The van der Waals surface area contributed by atoms with Gasteiger partial charge >= 0.3 is 11.9 Å². The van der Waals surface area contributed by atoms with Crippen LogP contribution < -0.4 is 0 Å². The number of carbonyl (C=O) groups is 2. The van der Waals surface area contributed by atoms with Crippen molar-refractivity contribution < 1.29 is 27.5 Å². The molecule has 0 aromatic carbocycles. The molecule has 0 spiro atoms. The van der Waals surface area contributed by atoms with Crippen molar-refractivity contribution in [3.63, 3.8) is 0 Å². The lowest BCUT2D eigenvalue weighted by Gasteiger charge is -2.21. The fourth-order valence-corrected chi connectivity index (χ4v) is 2.33.